The van der Waals surface area contributed by atoms with E-state index in [1.165, 1.54) is 12.1 Å². The topological polar surface area (TPSA) is 67.4 Å². The van der Waals surface area contributed by atoms with Crippen LogP contribution in [0.4, 0.5) is 10.2 Å². The van der Waals surface area contributed by atoms with Crippen molar-refractivity contribution in [3.05, 3.63) is 41.8 Å². The van der Waals surface area contributed by atoms with E-state index in [4.69, 9.17) is 9.72 Å². The fourth-order valence-corrected chi connectivity index (χ4v) is 3.84. The number of piperidine rings is 1. The predicted octanol–water partition coefficient (Wildman–Crippen LogP) is 3.43. The summed E-state index contributed by atoms with van der Waals surface area (Å²) in [4.78, 5) is 24.2. The monoisotopic (exact) mass is 398 g/mol. The van der Waals surface area contributed by atoms with Gasteiger partial charge in [-0.2, -0.15) is 0 Å². The van der Waals surface area contributed by atoms with Gasteiger partial charge in [-0.25, -0.2) is 14.4 Å². The molecule has 1 unspecified atom stereocenters. The van der Waals surface area contributed by atoms with Gasteiger partial charge >= 0.3 is 0 Å². The second-order valence-corrected chi connectivity index (χ2v) is 7.95. The van der Waals surface area contributed by atoms with Gasteiger partial charge in [-0.15, -0.1) is 0 Å². The number of nitrogens with zero attached hydrogens (tertiary/aromatic N) is 3. The summed E-state index contributed by atoms with van der Waals surface area (Å²) in [6, 6.07) is 6.10. The summed E-state index contributed by atoms with van der Waals surface area (Å²) in [5, 5.41) is 2.98. The Morgan fingerprint density at radius 2 is 2.00 bits per heavy atom. The number of carbonyl (C=O) groups excluding carboxylic acids is 1. The molecular weight excluding hydrogens is 371 g/mol. The van der Waals surface area contributed by atoms with Crippen LogP contribution in [-0.4, -0.2) is 48.2 Å². The number of hydrogen-bond acceptors (Lipinski definition) is 5. The Kier molecular flexibility index (Phi) is 6.04. The number of aromatic nitrogens is 2. The largest absolute Gasteiger partial charge is 0.376 e. The minimum atomic E-state index is -0.302. The molecule has 4 rings (SSSR count). The van der Waals surface area contributed by atoms with Crippen molar-refractivity contribution in [2.24, 2.45) is 5.92 Å². The summed E-state index contributed by atoms with van der Waals surface area (Å²) in [5.74, 6) is 1.33. The molecule has 1 amide bonds. The van der Waals surface area contributed by atoms with Crippen molar-refractivity contribution in [2.45, 2.75) is 38.7 Å². The smallest absolute Gasteiger partial charge is 0.256 e. The van der Waals surface area contributed by atoms with Crippen molar-refractivity contribution in [1.82, 2.24) is 15.3 Å². The molecule has 154 valence electrons. The molecule has 1 atom stereocenters. The van der Waals surface area contributed by atoms with E-state index in [-0.39, 0.29) is 17.8 Å². The first-order valence-corrected chi connectivity index (χ1v) is 10.4. The Labute approximate surface area is 170 Å². The van der Waals surface area contributed by atoms with Crippen molar-refractivity contribution >= 4 is 11.7 Å². The summed E-state index contributed by atoms with van der Waals surface area (Å²) in [7, 11) is 0. The highest BCUT2D eigenvalue weighted by atomic mass is 19.1. The Balaban J connectivity index is 1.60. The molecule has 2 aliphatic rings. The molecule has 29 heavy (non-hydrogen) atoms. The van der Waals surface area contributed by atoms with Crippen LogP contribution in [0.3, 0.4) is 0 Å². The van der Waals surface area contributed by atoms with E-state index in [9.17, 15) is 9.18 Å². The van der Waals surface area contributed by atoms with E-state index < -0.39 is 0 Å². The number of amides is 1. The van der Waals surface area contributed by atoms with Gasteiger partial charge in [-0.3, -0.25) is 4.79 Å². The maximum atomic E-state index is 13.3. The summed E-state index contributed by atoms with van der Waals surface area (Å²) >= 11 is 0. The molecular formula is C22H27FN4O2. The maximum absolute atomic E-state index is 13.3. The van der Waals surface area contributed by atoms with Gasteiger partial charge in [0.05, 0.1) is 6.10 Å². The molecule has 2 aromatic rings. The maximum Gasteiger partial charge on any atom is 0.256 e. The summed E-state index contributed by atoms with van der Waals surface area (Å²) in [6.45, 7) is 5.21. The van der Waals surface area contributed by atoms with Gasteiger partial charge in [0.25, 0.3) is 5.91 Å². The van der Waals surface area contributed by atoms with Crippen LogP contribution in [-0.2, 0) is 4.74 Å². The SMILES string of the molecule is CC1CCN(c2nc(-c3ccc(F)cc3)ncc2C(=O)NCC2CCCO2)CC1. The van der Waals surface area contributed by atoms with Gasteiger partial charge in [-0.1, -0.05) is 6.92 Å². The molecule has 0 spiro atoms. The lowest BCUT2D eigenvalue weighted by atomic mass is 9.99. The van der Waals surface area contributed by atoms with Crippen molar-refractivity contribution in [2.75, 3.05) is 31.1 Å². The molecule has 1 aromatic heterocycles. The van der Waals surface area contributed by atoms with Crippen LogP contribution < -0.4 is 10.2 Å². The van der Waals surface area contributed by atoms with Crippen LogP contribution in [0.25, 0.3) is 11.4 Å². The molecule has 1 aromatic carbocycles. The van der Waals surface area contributed by atoms with Crippen LogP contribution in [0.1, 0.15) is 43.0 Å². The molecule has 3 heterocycles. The van der Waals surface area contributed by atoms with Crippen molar-refractivity contribution in [1.29, 1.82) is 0 Å². The Hall–Kier alpha value is -2.54. The zero-order valence-electron chi connectivity index (χ0n) is 16.7. The summed E-state index contributed by atoms with van der Waals surface area (Å²) in [5.41, 5.74) is 1.20. The first-order chi connectivity index (χ1) is 14.1. The van der Waals surface area contributed by atoms with Gasteiger partial charge in [0, 0.05) is 38.0 Å². The molecule has 7 heteroatoms. The fourth-order valence-electron chi connectivity index (χ4n) is 3.84. The average molecular weight is 398 g/mol. The lowest BCUT2D eigenvalue weighted by Gasteiger charge is -2.32. The van der Waals surface area contributed by atoms with Gasteiger partial charge < -0.3 is 15.0 Å². The third kappa shape index (κ3) is 4.72. The standard InChI is InChI=1S/C22H27FN4O2/c1-15-8-10-27(11-9-15)21-19(22(28)25-13-18-3-2-12-29-18)14-24-20(26-21)16-4-6-17(23)7-5-16/h4-7,14-15,18H,2-3,8-13H2,1H3,(H,25,28). The van der Waals surface area contributed by atoms with E-state index in [1.807, 2.05) is 0 Å². The van der Waals surface area contributed by atoms with Gasteiger partial charge in [0.15, 0.2) is 5.82 Å². The summed E-state index contributed by atoms with van der Waals surface area (Å²) < 4.78 is 18.9. The first-order valence-electron chi connectivity index (χ1n) is 10.4. The average Bonchev–Trinajstić information content (AvgIpc) is 3.26. The third-order valence-electron chi connectivity index (χ3n) is 5.71. The second-order valence-electron chi connectivity index (χ2n) is 7.95. The lowest BCUT2D eigenvalue weighted by Crippen LogP contribution is -2.37. The molecule has 2 fully saturated rings. The lowest BCUT2D eigenvalue weighted by molar-refractivity contribution is 0.0857. The van der Waals surface area contributed by atoms with Crippen molar-refractivity contribution in [3.63, 3.8) is 0 Å². The van der Waals surface area contributed by atoms with Crippen LogP contribution >= 0.6 is 0 Å². The minimum Gasteiger partial charge on any atom is -0.376 e. The first kappa shape index (κ1) is 19.8. The van der Waals surface area contributed by atoms with Crippen molar-refractivity contribution < 1.29 is 13.9 Å². The van der Waals surface area contributed by atoms with Gasteiger partial charge in [0.2, 0.25) is 0 Å². The molecule has 0 bridgehead atoms. The number of carbonyl (C=O) groups is 1. The predicted molar refractivity (Wildman–Crippen MR) is 109 cm³/mol. The fraction of sp³-hybridized carbons (Fsp3) is 0.500. The molecule has 2 aliphatic heterocycles. The van der Waals surface area contributed by atoms with E-state index in [0.29, 0.717) is 29.7 Å². The van der Waals surface area contributed by atoms with E-state index in [1.54, 1.807) is 18.3 Å². The Morgan fingerprint density at radius 3 is 2.69 bits per heavy atom. The number of rotatable bonds is 5. The van der Waals surface area contributed by atoms with Crippen LogP contribution in [0, 0.1) is 11.7 Å². The highest BCUT2D eigenvalue weighted by molar-refractivity contribution is 5.99. The van der Waals surface area contributed by atoms with E-state index >= 15 is 0 Å². The molecule has 2 saturated heterocycles. The number of benzene rings is 1. The van der Waals surface area contributed by atoms with Gasteiger partial charge in [0.1, 0.15) is 17.2 Å². The number of anilines is 1. The molecule has 0 saturated carbocycles. The number of hydrogen-bond donors (Lipinski definition) is 1. The number of nitrogens with one attached hydrogen (secondary N) is 1. The molecule has 1 N–H and O–H groups in total. The van der Waals surface area contributed by atoms with Gasteiger partial charge in [-0.05, 0) is 55.9 Å². The Morgan fingerprint density at radius 1 is 1.24 bits per heavy atom. The summed E-state index contributed by atoms with van der Waals surface area (Å²) in [6.07, 6.45) is 5.80. The molecule has 6 nitrogen and oxygen atoms in total. The zero-order valence-corrected chi connectivity index (χ0v) is 16.7. The zero-order chi connectivity index (χ0) is 20.2. The minimum absolute atomic E-state index is 0.0812. The third-order valence-corrected chi connectivity index (χ3v) is 5.71. The van der Waals surface area contributed by atoms with Crippen LogP contribution in [0.15, 0.2) is 30.5 Å². The normalized spacial score (nSPS) is 20.1. The quantitative estimate of drug-likeness (QED) is 0.836. The highest BCUT2D eigenvalue weighted by Gasteiger charge is 2.25. The van der Waals surface area contributed by atoms with E-state index in [2.05, 4.69) is 22.1 Å². The van der Waals surface area contributed by atoms with E-state index in [0.717, 1.165) is 50.9 Å². The molecule has 0 radical (unpaired) electrons. The van der Waals surface area contributed by atoms with Crippen LogP contribution in [0.2, 0.25) is 0 Å². The number of ether oxygens (including phenoxy) is 1. The highest BCUT2D eigenvalue weighted by Crippen LogP contribution is 2.27. The van der Waals surface area contributed by atoms with Crippen molar-refractivity contribution in [3.8, 4) is 11.4 Å². The second kappa shape index (κ2) is 8.86. The van der Waals surface area contributed by atoms with Crippen LogP contribution in [0.5, 0.6) is 0 Å². The number of halogens is 1. The molecule has 0 aliphatic carbocycles. The Bertz CT molecular complexity index is 844.